The number of aromatic nitrogens is 2. The summed E-state index contributed by atoms with van der Waals surface area (Å²) in [4.78, 5) is 7.17. The number of imidazole rings is 1. The molecular formula is C8H11N3O. The molecular weight excluding hydrogens is 154 g/mol. The van der Waals surface area contributed by atoms with E-state index < -0.39 is 0 Å². The molecule has 2 rings (SSSR count). The Kier molecular flexibility index (Phi) is 1.62. The standard InChI is InChI=1S/C8H11N3O/c1-5(12)6-2-7-8(3-9-6)11-4-10-7/h4,6,9,12H,1-3H2,(H,10,11). The molecule has 2 heterocycles. The average molecular weight is 165 g/mol. The van der Waals surface area contributed by atoms with E-state index in [1.165, 1.54) is 0 Å². The van der Waals surface area contributed by atoms with Crippen LogP contribution in [0.25, 0.3) is 0 Å². The lowest BCUT2D eigenvalue weighted by atomic mass is 10.0. The van der Waals surface area contributed by atoms with Crippen molar-refractivity contribution in [2.75, 3.05) is 0 Å². The first-order chi connectivity index (χ1) is 5.77. The topological polar surface area (TPSA) is 60.9 Å². The predicted octanol–water partition coefficient (Wildman–Crippen LogP) is 0.496. The summed E-state index contributed by atoms with van der Waals surface area (Å²) < 4.78 is 0. The molecule has 1 aromatic heterocycles. The molecule has 64 valence electrons. The smallest absolute Gasteiger partial charge is 0.102 e. The zero-order chi connectivity index (χ0) is 8.55. The molecule has 3 N–H and O–H groups in total. The first-order valence-corrected chi connectivity index (χ1v) is 3.89. The van der Waals surface area contributed by atoms with Gasteiger partial charge in [0, 0.05) is 13.0 Å². The van der Waals surface area contributed by atoms with Crippen LogP contribution in [0.1, 0.15) is 11.4 Å². The number of hydrogen-bond acceptors (Lipinski definition) is 3. The summed E-state index contributed by atoms with van der Waals surface area (Å²) in [5, 5.41) is 12.3. The van der Waals surface area contributed by atoms with Crippen molar-refractivity contribution >= 4 is 0 Å². The van der Waals surface area contributed by atoms with Gasteiger partial charge in [-0.25, -0.2) is 4.98 Å². The van der Waals surface area contributed by atoms with Gasteiger partial charge in [0.2, 0.25) is 0 Å². The third-order valence-corrected chi connectivity index (χ3v) is 2.13. The zero-order valence-electron chi connectivity index (χ0n) is 6.67. The molecule has 1 aliphatic rings. The summed E-state index contributed by atoms with van der Waals surface area (Å²) in [7, 11) is 0. The number of aliphatic hydroxyl groups excluding tert-OH is 1. The first kappa shape index (κ1) is 7.36. The van der Waals surface area contributed by atoms with E-state index in [2.05, 4.69) is 21.9 Å². The summed E-state index contributed by atoms with van der Waals surface area (Å²) in [6, 6.07) is -0.0409. The lowest BCUT2D eigenvalue weighted by Crippen LogP contribution is -2.36. The van der Waals surface area contributed by atoms with Gasteiger partial charge in [-0.05, 0) is 0 Å². The number of nitrogens with one attached hydrogen (secondary N) is 2. The molecule has 1 aliphatic heterocycles. The van der Waals surface area contributed by atoms with Crippen molar-refractivity contribution in [1.82, 2.24) is 15.3 Å². The summed E-state index contributed by atoms with van der Waals surface area (Å²) in [5.74, 6) is 0.184. The normalized spacial score (nSPS) is 21.8. The van der Waals surface area contributed by atoms with Crippen molar-refractivity contribution in [3.05, 3.63) is 30.1 Å². The SMILES string of the molecule is C=C(O)C1Cc2nc[nH]c2CN1. The highest BCUT2D eigenvalue weighted by Crippen LogP contribution is 2.14. The van der Waals surface area contributed by atoms with Gasteiger partial charge in [0.05, 0.1) is 23.8 Å². The minimum atomic E-state index is -0.0409. The van der Waals surface area contributed by atoms with Gasteiger partial charge in [-0.1, -0.05) is 6.58 Å². The molecule has 0 amide bonds. The Bertz CT molecular complexity index is 305. The van der Waals surface area contributed by atoms with Crippen LogP contribution in [0, 0.1) is 0 Å². The maximum absolute atomic E-state index is 9.15. The van der Waals surface area contributed by atoms with Gasteiger partial charge in [-0.2, -0.15) is 0 Å². The van der Waals surface area contributed by atoms with Crippen LogP contribution < -0.4 is 5.32 Å². The number of hydrogen-bond donors (Lipinski definition) is 3. The summed E-state index contributed by atoms with van der Waals surface area (Å²) in [6.07, 6.45) is 2.39. The Morgan fingerprint density at radius 2 is 2.58 bits per heavy atom. The number of fused-ring (bicyclic) bond motifs is 1. The molecule has 1 unspecified atom stereocenters. The summed E-state index contributed by atoms with van der Waals surface area (Å²) >= 11 is 0. The molecule has 4 heteroatoms. The summed E-state index contributed by atoms with van der Waals surface area (Å²) in [6.45, 7) is 4.21. The van der Waals surface area contributed by atoms with E-state index in [0.29, 0.717) is 6.42 Å². The zero-order valence-corrected chi connectivity index (χ0v) is 6.67. The van der Waals surface area contributed by atoms with Crippen molar-refractivity contribution < 1.29 is 5.11 Å². The van der Waals surface area contributed by atoms with Gasteiger partial charge in [0.25, 0.3) is 0 Å². The fourth-order valence-electron chi connectivity index (χ4n) is 1.40. The Morgan fingerprint density at radius 1 is 1.75 bits per heavy atom. The Labute approximate surface area is 70.3 Å². The molecule has 12 heavy (non-hydrogen) atoms. The molecule has 4 nitrogen and oxygen atoms in total. The largest absolute Gasteiger partial charge is 0.511 e. The lowest BCUT2D eigenvalue weighted by Gasteiger charge is -2.21. The minimum absolute atomic E-state index is 0.0409. The second-order valence-corrected chi connectivity index (χ2v) is 2.96. The van der Waals surface area contributed by atoms with Gasteiger partial charge >= 0.3 is 0 Å². The summed E-state index contributed by atoms with van der Waals surface area (Å²) in [5.41, 5.74) is 2.13. The van der Waals surface area contributed by atoms with E-state index in [9.17, 15) is 0 Å². The highest BCUT2D eigenvalue weighted by Gasteiger charge is 2.21. The first-order valence-electron chi connectivity index (χ1n) is 3.89. The fourth-order valence-corrected chi connectivity index (χ4v) is 1.40. The Morgan fingerprint density at radius 3 is 3.33 bits per heavy atom. The lowest BCUT2D eigenvalue weighted by molar-refractivity contribution is 0.330. The van der Waals surface area contributed by atoms with E-state index in [1.807, 2.05) is 0 Å². The van der Waals surface area contributed by atoms with Crippen molar-refractivity contribution in [2.45, 2.75) is 19.0 Å². The molecule has 0 bridgehead atoms. The van der Waals surface area contributed by atoms with E-state index in [-0.39, 0.29) is 11.8 Å². The van der Waals surface area contributed by atoms with Crippen LogP contribution in [0.5, 0.6) is 0 Å². The molecule has 0 saturated heterocycles. The van der Waals surface area contributed by atoms with Gasteiger partial charge in [-0.3, -0.25) is 0 Å². The molecule has 0 fully saturated rings. The highest BCUT2D eigenvalue weighted by molar-refractivity contribution is 5.19. The monoisotopic (exact) mass is 165 g/mol. The minimum Gasteiger partial charge on any atom is -0.511 e. The maximum atomic E-state index is 9.15. The number of rotatable bonds is 1. The van der Waals surface area contributed by atoms with Crippen molar-refractivity contribution in [2.24, 2.45) is 0 Å². The van der Waals surface area contributed by atoms with Crippen LogP contribution in [0.15, 0.2) is 18.7 Å². The van der Waals surface area contributed by atoms with E-state index >= 15 is 0 Å². The quantitative estimate of drug-likeness (QED) is 0.531. The number of H-pyrrole nitrogens is 1. The van der Waals surface area contributed by atoms with E-state index in [1.54, 1.807) is 6.33 Å². The van der Waals surface area contributed by atoms with Crippen LogP contribution in [0.4, 0.5) is 0 Å². The highest BCUT2D eigenvalue weighted by atomic mass is 16.3. The predicted molar refractivity (Wildman–Crippen MR) is 44.7 cm³/mol. The number of aromatic amines is 1. The van der Waals surface area contributed by atoms with Gasteiger partial charge < -0.3 is 15.4 Å². The molecule has 1 aromatic rings. The molecule has 0 saturated carbocycles. The maximum Gasteiger partial charge on any atom is 0.102 e. The average Bonchev–Trinajstić information content (AvgIpc) is 2.49. The second-order valence-electron chi connectivity index (χ2n) is 2.96. The number of nitrogens with zero attached hydrogens (tertiary/aromatic N) is 1. The van der Waals surface area contributed by atoms with Crippen LogP contribution in [0.3, 0.4) is 0 Å². The number of aliphatic hydroxyl groups is 1. The van der Waals surface area contributed by atoms with Gasteiger partial charge in [0.1, 0.15) is 5.76 Å². The molecule has 0 aliphatic carbocycles. The fraction of sp³-hybridized carbons (Fsp3) is 0.375. The third kappa shape index (κ3) is 1.10. The molecule has 0 spiro atoms. The van der Waals surface area contributed by atoms with Crippen LogP contribution in [-0.4, -0.2) is 21.1 Å². The van der Waals surface area contributed by atoms with E-state index in [4.69, 9.17) is 5.11 Å². The molecule has 0 aromatic carbocycles. The second kappa shape index (κ2) is 2.64. The molecule has 0 radical (unpaired) electrons. The van der Waals surface area contributed by atoms with Gasteiger partial charge in [-0.15, -0.1) is 0 Å². The Balaban J connectivity index is 2.20. The van der Waals surface area contributed by atoms with Crippen LogP contribution in [-0.2, 0) is 13.0 Å². The van der Waals surface area contributed by atoms with E-state index in [0.717, 1.165) is 17.9 Å². The van der Waals surface area contributed by atoms with Crippen molar-refractivity contribution in [1.29, 1.82) is 0 Å². The molecule has 1 atom stereocenters. The Hall–Kier alpha value is -1.29. The van der Waals surface area contributed by atoms with Crippen molar-refractivity contribution in [3.8, 4) is 0 Å². The van der Waals surface area contributed by atoms with Crippen LogP contribution >= 0.6 is 0 Å². The van der Waals surface area contributed by atoms with Crippen molar-refractivity contribution in [3.63, 3.8) is 0 Å². The van der Waals surface area contributed by atoms with Crippen LogP contribution in [0.2, 0.25) is 0 Å². The third-order valence-electron chi connectivity index (χ3n) is 2.13. The van der Waals surface area contributed by atoms with Gasteiger partial charge in [0.15, 0.2) is 0 Å².